The van der Waals surface area contributed by atoms with Crippen LogP contribution in [0.2, 0.25) is 0 Å². The molecule has 0 N–H and O–H groups in total. The van der Waals surface area contributed by atoms with E-state index in [4.69, 9.17) is 9.47 Å². The number of rotatable bonds is 9. The maximum absolute atomic E-state index is 5.98. The van der Waals surface area contributed by atoms with Gasteiger partial charge in [-0.05, 0) is 60.6 Å². The Balaban J connectivity index is 1.81. The maximum atomic E-state index is 5.98. The van der Waals surface area contributed by atoms with Crippen LogP contribution < -0.4 is 4.74 Å². The zero-order valence-electron chi connectivity index (χ0n) is 18.6. The normalized spacial score (nSPS) is 18.5. The summed E-state index contributed by atoms with van der Waals surface area (Å²) in [6.45, 7) is 14.4. The standard InChI is InChI=1S/C25H42O2/c1-19(2)24(18-25(4,5)6)22-12-14-23(15-13-22)27-20(3)26-17-16-21-10-8-7-9-11-21/h12-15,19-21,24H,7-11,16-18H2,1-6H3. The van der Waals surface area contributed by atoms with Crippen LogP contribution in [0.4, 0.5) is 0 Å². The molecule has 2 heteroatoms. The molecule has 154 valence electrons. The molecule has 1 aliphatic rings. The second-order valence-corrected chi connectivity index (χ2v) is 10.0. The smallest absolute Gasteiger partial charge is 0.196 e. The van der Waals surface area contributed by atoms with Gasteiger partial charge in [0.1, 0.15) is 5.75 Å². The Kier molecular flexibility index (Phi) is 8.66. The highest BCUT2D eigenvalue weighted by Crippen LogP contribution is 2.36. The van der Waals surface area contributed by atoms with Gasteiger partial charge in [0.05, 0.1) is 6.61 Å². The fourth-order valence-electron chi connectivity index (χ4n) is 4.29. The van der Waals surface area contributed by atoms with E-state index in [0.29, 0.717) is 17.3 Å². The molecule has 0 radical (unpaired) electrons. The molecule has 1 aromatic rings. The molecule has 2 rings (SSSR count). The van der Waals surface area contributed by atoms with Gasteiger partial charge >= 0.3 is 0 Å². The molecule has 1 aromatic carbocycles. The number of benzene rings is 1. The van der Waals surface area contributed by atoms with Gasteiger partial charge in [-0.1, -0.05) is 78.9 Å². The van der Waals surface area contributed by atoms with Crippen LogP contribution in [-0.2, 0) is 4.74 Å². The van der Waals surface area contributed by atoms with E-state index >= 15 is 0 Å². The third kappa shape index (κ3) is 8.25. The lowest BCUT2D eigenvalue weighted by atomic mass is 9.76. The van der Waals surface area contributed by atoms with E-state index < -0.39 is 0 Å². The Morgan fingerprint density at radius 3 is 2.15 bits per heavy atom. The highest BCUT2D eigenvalue weighted by atomic mass is 16.7. The molecule has 2 atom stereocenters. The summed E-state index contributed by atoms with van der Waals surface area (Å²) in [4.78, 5) is 0. The van der Waals surface area contributed by atoms with E-state index in [9.17, 15) is 0 Å². The van der Waals surface area contributed by atoms with Crippen LogP contribution >= 0.6 is 0 Å². The van der Waals surface area contributed by atoms with Crippen LogP contribution in [0.1, 0.15) is 98.0 Å². The van der Waals surface area contributed by atoms with E-state index in [2.05, 4.69) is 58.9 Å². The minimum absolute atomic E-state index is 0.185. The third-order valence-corrected chi connectivity index (χ3v) is 5.85. The second kappa shape index (κ2) is 10.5. The number of ether oxygens (including phenoxy) is 2. The molecule has 0 bridgehead atoms. The SMILES string of the molecule is CC(OCCC1CCCCC1)Oc1ccc(C(CC(C)(C)C)C(C)C)cc1. The molecule has 0 amide bonds. The van der Waals surface area contributed by atoms with Crippen LogP contribution in [0.15, 0.2) is 24.3 Å². The quantitative estimate of drug-likeness (QED) is 0.415. The van der Waals surface area contributed by atoms with Gasteiger partial charge in [0, 0.05) is 0 Å². The molecule has 2 nitrogen and oxygen atoms in total. The summed E-state index contributed by atoms with van der Waals surface area (Å²) in [5.41, 5.74) is 1.75. The van der Waals surface area contributed by atoms with Crippen molar-refractivity contribution >= 4 is 0 Å². The summed E-state index contributed by atoms with van der Waals surface area (Å²) >= 11 is 0. The van der Waals surface area contributed by atoms with Crippen LogP contribution in [0.3, 0.4) is 0 Å². The molecule has 0 aromatic heterocycles. The summed E-state index contributed by atoms with van der Waals surface area (Å²) in [5, 5.41) is 0. The Morgan fingerprint density at radius 1 is 0.963 bits per heavy atom. The first-order valence-electron chi connectivity index (χ1n) is 11.1. The Labute approximate surface area is 168 Å². The van der Waals surface area contributed by atoms with Crippen molar-refractivity contribution in [1.29, 1.82) is 0 Å². The lowest BCUT2D eigenvalue weighted by Crippen LogP contribution is -2.19. The van der Waals surface area contributed by atoms with Gasteiger partial charge in [-0.3, -0.25) is 0 Å². The molecule has 27 heavy (non-hydrogen) atoms. The molecule has 0 spiro atoms. The molecular formula is C25H42O2. The minimum atomic E-state index is -0.185. The first kappa shape index (κ1) is 22.3. The van der Waals surface area contributed by atoms with Gasteiger partial charge in [-0.15, -0.1) is 0 Å². The van der Waals surface area contributed by atoms with E-state index in [0.717, 1.165) is 18.3 Å². The summed E-state index contributed by atoms with van der Waals surface area (Å²) in [7, 11) is 0. The first-order chi connectivity index (χ1) is 12.7. The minimum Gasteiger partial charge on any atom is -0.465 e. The third-order valence-electron chi connectivity index (χ3n) is 5.85. The molecular weight excluding hydrogens is 332 g/mol. The fourth-order valence-corrected chi connectivity index (χ4v) is 4.29. The van der Waals surface area contributed by atoms with Crippen LogP contribution in [0, 0.1) is 17.3 Å². The summed E-state index contributed by atoms with van der Waals surface area (Å²) in [5.74, 6) is 2.99. The van der Waals surface area contributed by atoms with Crippen molar-refractivity contribution in [2.24, 2.45) is 17.3 Å². The highest BCUT2D eigenvalue weighted by molar-refractivity contribution is 5.30. The first-order valence-corrected chi connectivity index (χ1v) is 11.1. The molecule has 0 aliphatic heterocycles. The monoisotopic (exact) mass is 374 g/mol. The molecule has 2 unspecified atom stereocenters. The van der Waals surface area contributed by atoms with Gasteiger partial charge in [-0.2, -0.15) is 0 Å². The molecule has 0 heterocycles. The maximum Gasteiger partial charge on any atom is 0.196 e. The molecule has 1 aliphatic carbocycles. The largest absolute Gasteiger partial charge is 0.465 e. The topological polar surface area (TPSA) is 18.5 Å². The molecule has 0 saturated heterocycles. The lowest BCUT2D eigenvalue weighted by molar-refractivity contribution is -0.0711. The Hall–Kier alpha value is -1.02. The van der Waals surface area contributed by atoms with Crippen molar-refractivity contribution in [3.8, 4) is 5.75 Å². The zero-order valence-corrected chi connectivity index (χ0v) is 18.6. The Morgan fingerprint density at radius 2 is 1.59 bits per heavy atom. The fraction of sp³-hybridized carbons (Fsp3) is 0.760. The summed E-state index contributed by atoms with van der Waals surface area (Å²) < 4.78 is 11.9. The summed E-state index contributed by atoms with van der Waals surface area (Å²) in [6, 6.07) is 8.68. The van der Waals surface area contributed by atoms with Crippen molar-refractivity contribution in [3.05, 3.63) is 29.8 Å². The number of hydrogen-bond acceptors (Lipinski definition) is 2. The van der Waals surface area contributed by atoms with Gasteiger partial charge in [0.15, 0.2) is 6.29 Å². The van der Waals surface area contributed by atoms with Gasteiger partial charge in [0.25, 0.3) is 0 Å². The predicted molar refractivity (Wildman–Crippen MR) is 115 cm³/mol. The Bertz CT molecular complexity index is 520. The summed E-state index contributed by atoms with van der Waals surface area (Å²) in [6.07, 6.45) is 9.17. The van der Waals surface area contributed by atoms with Crippen molar-refractivity contribution in [2.45, 2.75) is 98.7 Å². The zero-order chi connectivity index (χ0) is 19.9. The van der Waals surface area contributed by atoms with Crippen molar-refractivity contribution in [2.75, 3.05) is 6.61 Å². The van der Waals surface area contributed by atoms with E-state index in [-0.39, 0.29) is 6.29 Å². The van der Waals surface area contributed by atoms with Crippen molar-refractivity contribution < 1.29 is 9.47 Å². The number of hydrogen-bond donors (Lipinski definition) is 0. The van der Waals surface area contributed by atoms with Gasteiger partial charge in [0.2, 0.25) is 0 Å². The lowest BCUT2D eigenvalue weighted by Gasteiger charge is -2.29. The van der Waals surface area contributed by atoms with E-state index in [1.54, 1.807) is 0 Å². The van der Waals surface area contributed by atoms with Crippen molar-refractivity contribution in [1.82, 2.24) is 0 Å². The second-order valence-electron chi connectivity index (χ2n) is 10.0. The highest BCUT2D eigenvalue weighted by Gasteiger charge is 2.23. The average Bonchev–Trinajstić information content (AvgIpc) is 2.60. The van der Waals surface area contributed by atoms with E-state index in [1.165, 1.54) is 50.5 Å². The van der Waals surface area contributed by atoms with Crippen LogP contribution in [0.25, 0.3) is 0 Å². The molecule has 1 fully saturated rings. The van der Waals surface area contributed by atoms with Crippen LogP contribution in [-0.4, -0.2) is 12.9 Å². The average molecular weight is 375 g/mol. The van der Waals surface area contributed by atoms with Crippen molar-refractivity contribution in [3.63, 3.8) is 0 Å². The molecule has 1 saturated carbocycles. The van der Waals surface area contributed by atoms with Gasteiger partial charge < -0.3 is 9.47 Å². The van der Waals surface area contributed by atoms with Crippen LogP contribution in [0.5, 0.6) is 5.75 Å². The predicted octanol–water partition coefficient (Wildman–Crippen LogP) is 7.57. The van der Waals surface area contributed by atoms with E-state index in [1.807, 2.05) is 6.92 Å². The van der Waals surface area contributed by atoms with Gasteiger partial charge in [-0.25, -0.2) is 0 Å².